The van der Waals surface area contributed by atoms with E-state index in [0.29, 0.717) is 32.0 Å². The van der Waals surface area contributed by atoms with Crippen molar-refractivity contribution in [3.05, 3.63) is 36.0 Å². The first-order valence-corrected chi connectivity index (χ1v) is 9.53. The molecule has 0 unspecified atom stereocenters. The Labute approximate surface area is 194 Å². The molecule has 0 aliphatic heterocycles. The third-order valence-corrected chi connectivity index (χ3v) is 2.44. The predicted molar refractivity (Wildman–Crippen MR) is 122 cm³/mol. The van der Waals surface area contributed by atoms with Gasteiger partial charge in [-0.15, -0.1) is 0 Å². The van der Waals surface area contributed by atoms with Crippen LogP contribution in [0, 0.1) is 0 Å². The van der Waals surface area contributed by atoms with Crippen molar-refractivity contribution in [3.63, 3.8) is 0 Å². The van der Waals surface area contributed by atoms with E-state index >= 15 is 0 Å². The number of carbonyl (C=O) groups is 3. The number of allylic oxidation sites excluding steroid dienone is 1. The quantitative estimate of drug-likeness (QED) is 0.156. The number of aliphatic hydroxyl groups is 4. The molecule has 0 aromatic rings. The molecular weight excluding hydrogens is 444 g/mol. The Bertz CT molecular complexity index is 475. The molecule has 12 nitrogen and oxygen atoms in total. The molecule has 0 spiro atoms. The average molecular weight is 485 g/mol. The number of hydrogen-bond donors (Lipinski definition) is 7. The van der Waals surface area contributed by atoms with Crippen LogP contribution in [0.2, 0.25) is 0 Å². The lowest BCUT2D eigenvalue weighted by atomic mass is 10.3. The minimum Gasteiger partial charge on any atom is -0.478 e. The van der Waals surface area contributed by atoms with Crippen LogP contribution in [0.15, 0.2) is 36.0 Å². The summed E-state index contributed by atoms with van der Waals surface area (Å²) in [6, 6.07) is 0. The van der Waals surface area contributed by atoms with Gasteiger partial charge >= 0.3 is 17.9 Å². The Balaban J connectivity index is -0.0000000992. The largest absolute Gasteiger partial charge is 0.478 e. The second kappa shape index (κ2) is 34.0. The van der Waals surface area contributed by atoms with Crippen molar-refractivity contribution in [3.8, 4) is 0 Å². The van der Waals surface area contributed by atoms with Crippen LogP contribution in [-0.2, 0) is 23.9 Å². The second-order valence-corrected chi connectivity index (χ2v) is 5.57. The van der Waals surface area contributed by atoms with Crippen LogP contribution >= 0.6 is 0 Å². The van der Waals surface area contributed by atoms with Crippen molar-refractivity contribution in [2.45, 2.75) is 27.7 Å². The standard InChI is InChI=1S/C5H8O2.2C4H10O3.2C4H6O2/c1-3-4(2)5(6)7;2*5-1-3-7-4-2-6;2*1-3(2)4(5)6/h3H,1-2H3,(H,6,7);2*5-6H,1-4H2;2*1H2,2H3,(H,5,6). The molecule has 0 fully saturated rings. The Kier molecular flexibility index (Phi) is 42.0. The van der Waals surface area contributed by atoms with E-state index in [1.165, 1.54) is 13.8 Å². The number of aliphatic carboxylic acids is 3. The van der Waals surface area contributed by atoms with E-state index in [1.54, 1.807) is 19.9 Å². The molecule has 0 aliphatic rings. The minimum absolute atomic E-state index is 0.0278. The van der Waals surface area contributed by atoms with Crippen LogP contribution in [0.25, 0.3) is 0 Å². The van der Waals surface area contributed by atoms with E-state index in [0.717, 1.165) is 0 Å². The summed E-state index contributed by atoms with van der Waals surface area (Å²) in [4.78, 5) is 29.1. The second-order valence-electron chi connectivity index (χ2n) is 5.57. The van der Waals surface area contributed by atoms with Crippen LogP contribution in [0.4, 0.5) is 0 Å². The van der Waals surface area contributed by atoms with Gasteiger partial charge in [-0.25, -0.2) is 14.4 Å². The van der Waals surface area contributed by atoms with Crippen molar-refractivity contribution < 1.29 is 59.6 Å². The number of carboxylic acids is 3. The Morgan fingerprint density at radius 3 is 0.909 bits per heavy atom. The third-order valence-electron chi connectivity index (χ3n) is 2.44. The molecule has 12 heteroatoms. The SMILES string of the molecule is C=C(C)C(=O)O.C=C(C)C(=O)O.CC=C(C)C(=O)O.OCCOCCO.OCCOCCO. The van der Waals surface area contributed by atoms with E-state index in [4.69, 9.17) is 35.7 Å². The summed E-state index contributed by atoms with van der Waals surface area (Å²) in [5, 5.41) is 56.2. The lowest BCUT2D eigenvalue weighted by Crippen LogP contribution is -2.03. The first-order valence-electron chi connectivity index (χ1n) is 9.53. The molecule has 0 atom stereocenters. The van der Waals surface area contributed by atoms with Gasteiger partial charge in [0.1, 0.15) is 0 Å². The topological polar surface area (TPSA) is 211 Å². The van der Waals surface area contributed by atoms with Crippen LogP contribution in [0.1, 0.15) is 27.7 Å². The third kappa shape index (κ3) is 58.6. The van der Waals surface area contributed by atoms with Gasteiger partial charge < -0.3 is 45.2 Å². The predicted octanol–water partition coefficient (Wildman–Crippen LogP) is 0.307. The maximum atomic E-state index is 9.86. The molecule has 0 aliphatic carbocycles. The minimum atomic E-state index is -0.935. The Hall–Kier alpha value is -2.61. The zero-order valence-electron chi connectivity index (χ0n) is 19.8. The Morgan fingerprint density at radius 2 is 0.848 bits per heavy atom. The molecule has 0 saturated carbocycles. The number of rotatable bonds is 11. The fourth-order valence-electron chi connectivity index (χ4n) is 0.586. The van der Waals surface area contributed by atoms with Gasteiger partial charge in [-0.3, -0.25) is 0 Å². The summed E-state index contributed by atoms with van der Waals surface area (Å²) in [6.45, 7) is 13.9. The van der Waals surface area contributed by atoms with Gasteiger partial charge in [0.15, 0.2) is 0 Å². The van der Waals surface area contributed by atoms with Crippen LogP contribution in [0.5, 0.6) is 0 Å². The van der Waals surface area contributed by atoms with Crippen LogP contribution in [0.3, 0.4) is 0 Å². The zero-order chi connectivity index (χ0) is 27.2. The highest BCUT2D eigenvalue weighted by molar-refractivity contribution is 5.85. The van der Waals surface area contributed by atoms with Crippen molar-refractivity contribution in [2.75, 3.05) is 52.9 Å². The molecule has 0 bridgehead atoms. The molecule has 0 rings (SSSR count). The van der Waals surface area contributed by atoms with Crippen molar-refractivity contribution in [1.82, 2.24) is 0 Å². The van der Waals surface area contributed by atoms with Gasteiger partial charge in [0.2, 0.25) is 0 Å². The molecule has 0 heterocycles. The van der Waals surface area contributed by atoms with E-state index in [2.05, 4.69) is 22.6 Å². The van der Waals surface area contributed by atoms with Crippen LogP contribution in [-0.4, -0.2) is 107 Å². The van der Waals surface area contributed by atoms with Gasteiger partial charge in [0.25, 0.3) is 0 Å². The van der Waals surface area contributed by atoms with Gasteiger partial charge in [-0.2, -0.15) is 0 Å². The highest BCUT2D eigenvalue weighted by Crippen LogP contribution is 1.87. The molecular formula is C21H40O12. The number of ether oxygens (including phenoxy) is 2. The first-order chi connectivity index (χ1) is 15.3. The fourth-order valence-corrected chi connectivity index (χ4v) is 0.586. The molecule has 0 amide bonds. The monoisotopic (exact) mass is 484 g/mol. The lowest BCUT2D eigenvalue weighted by Gasteiger charge is -1.94. The highest BCUT2D eigenvalue weighted by Gasteiger charge is 1.93. The Morgan fingerprint density at radius 1 is 0.636 bits per heavy atom. The maximum Gasteiger partial charge on any atom is 0.330 e. The molecule has 33 heavy (non-hydrogen) atoms. The maximum absolute atomic E-state index is 9.86. The molecule has 196 valence electrons. The van der Waals surface area contributed by atoms with E-state index in [-0.39, 0.29) is 37.6 Å². The lowest BCUT2D eigenvalue weighted by molar-refractivity contribution is -0.133. The van der Waals surface area contributed by atoms with Crippen molar-refractivity contribution in [2.24, 2.45) is 0 Å². The summed E-state index contributed by atoms with van der Waals surface area (Å²) in [5.74, 6) is -2.72. The van der Waals surface area contributed by atoms with E-state index in [1.807, 2.05) is 0 Å². The normalized spacial score (nSPS) is 9.15. The molecule has 0 aromatic heterocycles. The number of carboxylic acid groups (broad SMARTS) is 3. The van der Waals surface area contributed by atoms with Crippen molar-refractivity contribution in [1.29, 1.82) is 0 Å². The van der Waals surface area contributed by atoms with Crippen molar-refractivity contribution >= 4 is 17.9 Å². The molecule has 0 saturated heterocycles. The number of aliphatic hydroxyl groups excluding tert-OH is 4. The van der Waals surface area contributed by atoms with Crippen LogP contribution < -0.4 is 0 Å². The van der Waals surface area contributed by atoms with E-state index < -0.39 is 17.9 Å². The highest BCUT2D eigenvalue weighted by atomic mass is 16.5. The molecule has 7 N–H and O–H groups in total. The zero-order valence-corrected chi connectivity index (χ0v) is 19.8. The van der Waals surface area contributed by atoms with Gasteiger partial charge in [0.05, 0.1) is 52.9 Å². The summed E-state index contributed by atoms with van der Waals surface area (Å²) >= 11 is 0. The fraction of sp³-hybridized carbons (Fsp3) is 0.571. The summed E-state index contributed by atoms with van der Waals surface area (Å²) in [6.07, 6.45) is 1.56. The van der Waals surface area contributed by atoms with Gasteiger partial charge in [-0.1, -0.05) is 19.2 Å². The molecule has 0 aromatic carbocycles. The first kappa shape index (κ1) is 40.7. The summed E-state index contributed by atoms with van der Waals surface area (Å²) < 4.78 is 9.26. The van der Waals surface area contributed by atoms with E-state index in [9.17, 15) is 14.4 Å². The van der Waals surface area contributed by atoms with Gasteiger partial charge in [-0.05, 0) is 27.7 Å². The summed E-state index contributed by atoms with van der Waals surface area (Å²) in [7, 11) is 0. The van der Waals surface area contributed by atoms with Gasteiger partial charge in [0, 0.05) is 16.7 Å². The molecule has 0 radical (unpaired) electrons. The summed E-state index contributed by atoms with van der Waals surface area (Å²) in [5.41, 5.74) is 0.741. The number of hydrogen-bond acceptors (Lipinski definition) is 9. The smallest absolute Gasteiger partial charge is 0.330 e. The average Bonchev–Trinajstić information content (AvgIpc) is 2.75.